The van der Waals surface area contributed by atoms with Crippen LogP contribution >= 0.6 is 11.8 Å². The van der Waals surface area contributed by atoms with Crippen LogP contribution in [0.4, 0.5) is 10.2 Å². The van der Waals surface area contributed by atoms with Crippen LogP contribution in [-0.4, -0.2) is 49.9 Å². The molecule has 0 bridgehead atoms. The van der Waals surface area contributed by atoms with Gasteiger partial charge in [0.1, 0.15) is 18.0 Å². The van der Waals surface area contributed by atoms with E-state index >= 15 is 4.39 Å². The Morgan fingerprint density at radius 1 is 1.19 bits per heavy atom. The molecule has 1 atom stereocenters. The Labute approximate surface area is 222 Å². The van der Waals surface area contributed by atoms with Gasteiger partial charge < -0.3 is 9.42 Å². The van der Waals surface area contributed by atoms with Crippen LogP contribution in [0.5, 0.6) is 0 Å². The average molecular weight is 540 g/mol. The Hall–Kier alpha value is -2.85. The van der Waals surface area contributed by atoms with Crippen molar-refractivity contribution in [1.82, 2.24) is 20.1 Å². The van der Waals surface area contributed by atoms with Crippen molar-refractivity contribution in [2.24, 2.45) is 0 Å². The van der Waals surface area contributed by atoms with Gasteiger partial charge in [0.05, 0.1) is 10.9 Å². The van der Waals surface area contributed by atoms with Crippen molar-refractivity contribution in [2.45, 2.75) is 49.2 Å². The zero-order chi connectivity index (χ0) is 26.1. The molecule has 2 aromatic carbocycles. The second kappa shape index (κ2) is 10.9. The van der Waals surface area contributed by atoms with Crippen LogP contribution in [0.25, 0.3) is 22.0 Å². The molecule has 194 valence electrons. The summed E-state index contributed by atoms with van der Waals surface area (Å²) in [5.74, 6) is 2.61. The maximum absolute atomic E-state index is 15.3. The largest absolute Gasteiger partial charge is 0.356 e. The quantitative estimate of drug-likeness (QED) is 0.267. The summed E-state index contributed by atoms with van der Waals surface area (Å²) in [6.45, 7) is 5.50. The van der Waals surface area contributed by atoms with Crippen LogP contribution in [0.3, 0.4) is 0 Å². The number of fused-ring (bicyclic) bond motifs is 1. The first-order chi connectivity index (χ1) is 17.9. The highest BCUT2D eigenvalue weighted by Crippen LogP contribution is 2.37. The van der Waals surface area contributed by atoms with Gasteiger partial charge in [-0.1, -0.05) is 31.1 Å². The number of thioether (sulfide) groups is 1. The lowest BCUT2D eigenvalue weighted by atomic mass is 9.95. The van der Waals surface area contributed by atoms with E-state index in [0.29, 0.717) is 41.5 Å². The van der Waals surface area contributed by atoms with Crippen molar-refractivity contribution in [3.63, 3.8) is 0 Å². The molecule has 10 heteroatoms. The van der Waals surface area contributed by atoms with E-state index in [4.69, 9.17) is 4.52 Å². The summed E-state index contributed by atoms with van der Waals surface area (Å²) in [4.78, 5) is 16.8. The highest BCUT2D eigenvalue weighted by molar-refractivity contribution is 7.98. The Morgan fingerprint density at radius 2 is 1.97 bits per heavy atom. The minimum Gasteiger partial charge on any atom is -0.356 e. The minimum absolute atomic E-state index is 0.199. The molecule has 4 aromatic rings. The van der Waals surface area contributed by atoms with Gasteiger partial charge in [0.2, 0.25) is 5.89 Å². The van der Waals surface area contributed by atoms with E-state index in [1.165, 1.54) is 12.4 Å². The molecule has 0 spiro atoms. The summed E-state index contributed by atoms with van der Waals surface area (Å²) in [7, 11) is -0.929. The summed E-state index contributed by atoms with van der Waals surface area (Å²) in [6.07, 6.45) is 6.90. The van der Waals surface area contributed by atoms with E-state index in [0.717, 1.165) is 40.3 Å². The molecular weight excluding hydrogens is 509 g/mol. The smallest absolute Gasteiger partial charge is 0.229 e. The lowest BCUT2D eigenvalue weighted by molar-refractivity contribution is 0.353. The number of aromatic nitrogens is 4. The number of nitrogens with zero attached hydrogens (tertiary/aromatic N) is 5. The number of hydrogen-bond donors (Lipinski definition) is 0. The van der Waals surface area contributed by atoms with Gasteiger partial charge in [0.25, 0.3) is 0 Å². The average Bonchev–Trinajstić information content (AvgIpc) is 3.40. The van der Waals surface area contributed by atoms with Gasteiger partial charge in [0.15, 0.2) is 5.82 Å². The molecule has 3 heterocycles. The van der Waals surface area contributed by atoms with Crippen LogP contribution in [0, 0.1) is 5.82 Å². The van der Waals surface area contributed by atoms with Gasteiger partial charge in [-0.2, -0.15) is 4.98 Å². The minimum atomic E-state index is -0.929. The zero-order valence-corrected chi connectivity index (χ0v) is 23.0. The van der Waals surface area contributed by atoms with Crippen molar-refractivity contribution in [1.29, 1.82) is 0 Å². The third-order valence-corrected chi connectivity index (χ3v) is 8.32. The summed E-state index contributed by atoms with van der Waals surface area (Å²) in [6, 6.07) is 9.35. The van der Waals surface area contributed by atoms with E-state index in [1.54, 1.807) is 24.1 Å². The molecule has 37 heavy (non-hydrogen) atoms. The first-order valence-corrected chi connectivity index (χ1v) is 15.3. The first kappa shape index (κ1) is 25.8. The van der Waals surface area contributed by atoms with Gasteiger partial charge in [-0.15, -0.1) is 11.8 Å². The third-order valence-electron chi connectivity index (χ3n) is 6.79. The van der Waals surface area contributed by atoms with Crippen LogP contribution < -0.4 is 4.90 Å². The molecule has 0 amide bonds. The van der Waals surface area contributed by atoms with Gasteiger partial charge in [-0.05, 0) is 48.4 Å². The standard InChI is InChI=1S/C27H30FN5O2S2/c1-16(2)27-31-25(32-35-27)17-9-11-33(12-10-17)26-23-21(28)8-7-20(24(23)29-15-30-26)18-5-6-19(14-37(4)34)22(13-18)36-3/h5-8,13,15-17H,9-12,14H2,1-4H3. The molecule has 2 aromatic heterocycles. The summed E-state index contributed by atoms with van der Waals surface area (Å²) >= 11 is 1.62. The Kier molecular flexibility index (Phi) is 7.57. The molecule has 5 rings (SSSR count). The predicted octanol–water partition coefficient (Wildman–Crippen LogP) is 5.93. The van der Waals surface area contributed by atoms with Crippen LogP contribution in [0.2, 0.25) is 0 Å². The summed E-state index contributed by atoms with van der Waals surface area (Å²) < 4.78 is 32.5. The number of rotatable bonds is 7. The van der Waals surface area contributed by atoms with Crippen molar-refractivity contribution in [3.05, 3.63) is 59.8 Å². The fourth-order valence-corrected chi connectivity index (χ4v) is 6.27. The van der Waals surface area contributed by atoms with Gasteiger partial charge in [-0.25, -0.2) is 14.4 Å². The molecule has 1 saturated heterocycles. The molecule has 0 saturated carbocycles. The third kappa shape index (κ3) is 5.27. The highest BCUT2D eigenvalue weighted by atomic mass is 32.2. The van der Waals surface area contributed by atoms with Crippen LogP contribution in [-0.2, 0) is 16.6 Å². The fraction of sp³-hybridized carbons (Fsp3) is 0.407. The number of piperidine rings is 1. The van der Waals surface area contributed by atoms with Gasteiger partial charge in [0, 0.05) is 58.2 Å². The first-order valence-electron chi connectivity index (χ1n) is 12.3. The summed E-state index contributed by atoms with van der Waals surface area (Å²) in [5, 5.41) is 4.63. The predicted molar refractivity (Wildman–Crippen MR) is 147 cm³/mol. The molecule has 1 aliphatic rings. The molecule has 0 radical (unpaired) electrons. The summed E-state index contributed by atoms with van der Waals surface area (Å²) in [5.41, 5.74) is 3.43. The molecule has 0 aliphatic carbocycles. The maximum Gasteiger partial charge on any atom is 0.229 e. The number of anilines is 1. The van der Waals surface area contributed by atoms with Crippen molar-refractivity contribution in [2.75, 3.05) is 30.5 Å². The SMILES string of the molecule is CSc1cc(-c2ccc(F)c3c(N4CCC(c5noc(C(C)C)n5)CC4)ncnc23)ccc1CS(C)=O. The topological polar surface area (TPSA) is 85.0 Å². The Balaban J connectivity index is 1.46. The normalized spacial score (nSPS) is 15.6. The van der Waals surface area contributed by atoms with Crippen LogP contribution in [0.1, 0.15) is 55.8 Å². The maximum atomic E-state index is 15.3. The molecular formula is C27H30FN5O2S2. The van der Waals surface area contributed by atoms with E-state index < -0.39 is 10.8 Å². The number of halogens is 1. The monoisotopic (exact) mass is 539 g/mol. The van der Waals surface area contributed by atoms with E-state index in [-0.39, 0.29) is 17.7 Å². The lowest BCUT2D eigenvalue weighted by Crippen LogP contribution is -2.34. The second-order valence-corrected chi connectivity index (χ2v) is 11.9. The molecule has 0 N–H and O–H groups in total. The Bertz CT molecular complexity index is 1450. The molecule has 7 nitrogen and oxygen atoms in total. The van der Waals surface area contributed by atoms with Crippen molar-refractivity contribution >= 4 is 39.3 Å². The highest BCUT2D eigenvalue weighted by Gasteiger charge is 2.28. The number of benzene rings is 2. The number of hydrogen-bond acceptors (Lipinski definition) is 8. The van der Waals surface area contributed by atoms with Crippen molar-refractivity contribution < 1.29 is 13.1 Å². The Morgan fingerprint density at radius 3 is 2.65 bits per heavy atom. The van der Waals surface area contributed by atoms with E-state index in [1.807, 2.05) is 32.2 Å². The van der Waals surface area contributed by atoms with Gasteiger partial charge >= 0.3 is 0 Å². The zero-order valence-electron chi connectivity index (χ0n) is 21.4. The van der Waals surface area contributed by atoms with Crippen LogP contribution in [0.15, 0.2) is 46.1 Å². The van der Waals surface area contributed by atoms with E-state index in [2.05, 4.69) is 31.1 Å². The molecule has 1 fully saturated rings. The molecule has 1 unspecified atom stereocenters. The van der Waals surface area contributed by atoms with Crippen molar-refractivity contribution in [3.8, 4) is 11.1 Å². The molecule has 1 aliphatic heterocycles. The lowest BCUT2D eigenvalue weighted by Gasteiger charge is -2.32. The second-order valence-electron chi connectivity index (χ2n) is 9.67. The van der Waals surface area contributed by atoms with Gasteiger partial charge in [-0.3, -0.25) is 4.21 Å². The fourth-order valence-electron chi connectivity index (χ4n) is 4.84. The van der Waals surface area contributed by atoms with E-state index in [9.17, 15) is 4.21 Å².